The molecule has 0 saturated carbocycles. The summed E-state index contributed by atoms with van der Waals surface area (Å²) in [6.45, 7) is 2.69. The van der Waals surface area contributed by atoms with Crippen LogP contribution in [0.5, 0.6) is 5.75 Å². The molecule has 1 atom stereocenters. The molecule has 1 aliphatic heterocycles. The third-order valence-corrected chi connectivity index (χ3v) is 6.10. The van der Waals surface area contributed by atoms with E-state index in [4.69, 9.17) is 9.72 Å². The lowest BCUT2D eigenvalue weighted by Gasteiger charge is -2.20. The van der Waals surface area contributed by atoms with Gasteiger partial charge >= 0.3 is 0 Å². The molecule has 7 nitrogen and oxygen atoms in total. The fourth-order valence-electron chi connectivity index (χ4n) is 4.49. The Balaban J connectivity index is 1.86. The number of halogens is 1. The largest absolute Gasteiger partial charge is 0.494 e. The molecule has 0 aliphatic carbocycles. The van der Waals surface area contributed by atoms with Crippen molar-refractivity contribution in [3.63, 3.8) is 0 Å². The first-order chi connectivity index (χ1) is 16.5. The van der Waals surface area contributed by atoms with Gasteiger partial charge in [-0.1, -0.05) is 0 Å². The highest BCUT2D eigenvalue weighted by Gasteiger charge is 2.25. The van der Waals surface area contributed by atoms with Gasteiger partial charge in [-0.05, 0) is 68.3 Å². The Labute approximate surface area is 195 Å². The Morgan fingerprint density at radius 3 is 2.76 bits per heavy atom. The summed E-state index contributed by atoms with van der Waals surface area (Å²) in [7, 11) is 1.39. The predicted molar refractivity (Wildman–Crippen MR) is 127 cm³/mol. The van der Waals surface area contributed by atoms with E-state index in [-0.39, 0.29) is 17.4 Å². The van der Waals surface area contributed by atoms with Gasteiger partial charge in [0.15, 0.2) is 11.6 Å². The average molecular weight is 455 g/mol. The molecule has 8 heteroatoms. The summed E-state index contributed by atoms with van der Waals surface area (Å²) in [4.78, 5) is 23.1. The summed E-state index contributed by atoms with van der Waals surface area (Å²) in [5, 5.41) is 13.3. The summed E-state index contributed by atoms with van der Waals surface area (Å²) in [5.41, 5.74) is 3.16. The maximum absolute atomic E-state index is 14.6. The number of ether oxygens (including phenoxy) is 1. The first kappa shape index (κ1) is 21.7. The van der Waals surface area contributed by atoms with Gasteiger partial charge in [0.25, 0.3) is 5.56 Å². The number of hydrogen-bond acceptors (Lipinski definition) is 6. The van der Waals surface area contributed by atoms with Crippen LogP contribution in [0.3, 0.4) is 0 Å². The molecule has 2 aromatic heterocycles. The molecule has 1 aliphatic rings. The van der Waals surface area contributed by atoms with E-state index < -0.39 is 5.82 Å². The van der Waals surface area contributed by atoms with Gasteiger partial charge in [0.2, 0.25) is 0 Å². The van der Waals surface area contributed by atoms with Crippen molar-refractivity contribution in [3.8, 4) is 28.6 Å². The van der Waals surface area contributed by atoms with Crippen LogP contribution in [0.15, 0.2) is 53.5 Å². The molecule has 1 saturated heterocycles. The SMILES string of the molecule is COc1ccc(-n2c(C3CCCN3)nc3c(-c4ccnc(C)c4)cc(C#N)cc3c2=O)cc1F. The van der Waals surface area contributed by atoms with E-state index in [1.807, 2.05) is 19.1 Å². The highest BCUT2D eigenvalue weighted by atomic mass is 19.1. The number of fused-ring (bicyclic) bond motifs is 1. The van der Waals surface area contributed by atoms with Gasteiger partial charge < -0.3 is 10.1 Å². The second kappa shape index (κ2) is 8.69. The Morgan fingerprint density at radius 1 is 1.24 bits per heavy atom. The van der Waals surface area contributed by atoms with E-state index in [1.54, 1.807) is 24.4 Å². The second-order valence-electron chi connectivity index (χ2n) is 8.30. The van der Waals surface area contributed by atoms with Crippen LogP contribution in [-0.2, 0) is 0 Å². The highest BCUT2D eigenvalue weighted by molar-refractivity contribution is 5.94. The summed E-state index contributed by atoms with van der Waals surface area (Å²) >= 11 is 0. The van der Waals surface area contributed by atoms with Crippen molar-refractivity contribution in [2.24, 2.45) is 0 Å². The molecule has 34 heavy (non-hydrogen) atoms. The number of methoxy groups -OCH3 is 1. The van der Waals surface area contributed by atoms with Crippen molar-refractivity contribution >= 4 is 10.9 Å². The molecule has 0 radical (unpaired) electrons. The lowest BCUT2D eigenvalue weighted by Crippen LogP contribution is -2.29. The number of pyridine rings is 1. The number of aryl methyl sites for hydroxylation is 1. The van der Waals surface area contributed by atoms with Gasteiger partial charge in [-0.15, -0.1) is 0 Å². The molecule has 0 spiro atoms. The fraction of sp³-hybridized carbons (Fsp3) is 0.231. The molecular formula is C26H22FN5O2. The van der Waals surface area contributed by atoms with Gasteiger partial charge in [0, 0.05) is 23.5 Å². The molecule has 0 bridgehead atoms. The van der Waals surface area contributed by atoms with Gasteiger partial charge in [-0.2, -0.15) is 5.26 Å². The van der Waals surface area contributed by atoms with Gasteiger partial charge in [-0.3, -0.25) is 14.3 Å². The van der Waals surface area contributed by atoms with Crippen LogP contribution in [0.2, 0.25) is 0 Å². The zero-order valence-corrected chi connectivity index (χ0v) is 18.8. The van der Waals surface area contributed by atoms with Crippen molar-refractivity contribution in [1.29, 1.82) is 5.26 Å². The molecule has 1 fully saturated rings. The van der Waals surface area contributed by atoms with Crippen molar-refractivity contribution in [1.82, 2.24) is 19.9 Å². The first-order valence-electron chi connectivity index (χ1n) is 11.0. The van der Waals surface area contributed by atoms with E-state index >= 15 is 0 Å². The zero-order chi connectivity index (χ0) is 23.8. The monoisotopic (exact) mass is 455 g/mol. The van der Waals surface area contributed by atoms with E-state index in [0.717, 1.165) is 30.6 Å². The minimum Gasteiger partial charge on any atom is -0.494 e. The van der Waals surface area contributed by atoms with Crippen LogP contribution in [-0.4, -0.2) is 28.2 Å². The number of hydrogen-bond donors (Lipinski definition) is 1. The maximum atomic E-state index is 14.6. The lowest BCUT2D eigenvalue weighted by atomic mass is 9.99. The van der Waals surface area contributed by atoms with Crippen molar-refractivity contribution in [2.75, 3.05) is 13.7 Å². The molecule has 2 aromatic carbocycles. The van der Waals surface area contributed by atoms with Crippen LogP contribution in [0.4, 0.5) is 4.39 Å². The van der Waals surface area contributed by atoms with Gasteiger partial charge in [0.1, 0.15) is 5.82 Å². The van der Waals surface area contributed by atoms with Crippen LogP contribution < -0.4 is 15.6 Å². The predicted octanol–water partition coefficient (Wildman–Crippen LogP) is 4.20. The fourth-order valence-corrected chi connectivity index (χ4v) is 4.49. The Kier molecular flexibility index (Phi) is 5.56. The smallest absolute Gasteiger partial charge is 0.266 e. The minimum atomic E-state index is -0.573. The zero-order valence-electron chi connectivity index (χ0n) is 18.8. The molecule has 5 rings (SSSR count). The van der Waals surface area contributed by atoms with Crippen molar-refractivity contribution < 1.29 is 9.13 Å². The average Bonchev–Trinajstić information content (AvgIpc) is 3.38. The van der Waals surface area contributed by atoms with E-state index in [2.05, 4.69) is 16.4 Å². The van der Waals surface area contributed by atoms with Crippen LogP contribution >= 0.6 is 0 Å². The van der Waals surface area contributed by atoms with Crippen LogP contribution in [0.1, 0.15) is 36.0 Å². The van der Waals surface area contributed by atoms with Gasteiger partial charge in [0.05, 0.1) is 41.4 Å². The van der Waals surface area contributed by atoms with E-state index in [0.29, 0.717) is 33.5 Å². The topological polar surface area (TPSA) is 92.8 Å². The van der Waals surface area contributed by atoms with Crippen LogP contribution in [0, 0.1) is 24.1 Å². The van der Waals surface area contributed by atoms with E-state index in [9.17, 15) is 14.4 Å². The van der Waals surface area contributed by atoms with Crippen LogP contribution in [0.25, 0.3) is 27.7 Å². The summed E-state index contributed by atoms with van der Waals surface area (Å²) in [5.74, 6) is 0.0283. The second-order valence-corrected chi connectivity index (χ2v) is 8.30. The molecule has 4 aromatic rings. The quantitative estimate of drug-likeness (QED) is 0.496. The van der Waals surface area contributed by atoms with Gasteiger partial charge in [-0.25, -0.2) is 9.37 Å². The molecule has 0 amide bonds. The molecule has 1 unspecified atom stereocenters. The Hall–Kier alpha value is -4.09. The first-order valence-corrected chi connectivity index (χ1v) is 11.0. The van der Waals surface area contributed by atoms with Crippen molar-refractivity contribution in [3.05, 3.63) is 81.9 Å². The minimum absolute atomic E-state index is 0.0909. The normalized spacial score (nSPS) is 15.4. The highest BCUT2D eigenvalue weighted by Crippen LogP contribution is 2.31. The molecule has 3 heterocycles. The standard InChI is InChI=1S/C26H22FN5O2/c1-15-10-17(7-9-29-15)19-11-16(14-28)12-20-24(19)31-25(22-4-3-8-30-22)32(26(20)33)18-5-6-23(34-2)21(27)13-18/h5-7,9-13,22,30H,3-4,8H2,1-2H3. The summed E-state index contributed by atoms with van der Waals surface area (Å²) in [6, 6.07) is 13.4. The Morgan fingerprint density at radius 2 is 2.09 bits per heavy atom. The number of nitrogens with one attached hydrogen (secondary N) is 1. The summed E-state index contributed by atoms with van der Waals surface area (Å²) < 4.78 is 21.1. The maximum Gasteiger partial charge on any atom is 0.266 e. The third-order valence-electron chi connectivity index (χ3n) is 6.10. The third kappa shape index (κ3) is 3.70. The number of rotatable bonds is 4. The number of benzene rings is 2. The Bertz CT molecular complexity index is 1520. The number of nitrogens with zero attached hydrogens (tertiary/aromatic N) is 4. The molecule has 1 N–H and O–H groups in total. The number of aromatic nitrogens is 3. The lowest BCUT2D eigenvalue weighted by molar-refractivity contribution is 0.386. The molecule has 170 valence electrons. The molecular weight excluding hydrogens is 433 g/mol. The van der Waals surface area contributed by atoms with Crippen molar-refractivity contribution in [2.45, 2.75) is 25.8 Å². The number of nitriles is 1. The van der Waals surface area contributed by atoms with E-state index in [1.165, 1.54) is 23.8 Å². The summed E-state index contributed by atoms with van der Waals surface area (Å²) in [6.07, 6.45) is 3.44.